The van der Waals surface area contributed by atoms with Gasteiger partial charge in [0, 0.05) is 41.6 Å². The summed E-state index contributed by atoms with van der Waals surface area (Å²) < 4.78 is 28.4. The molecule has 142 valence electrons. The zero-order valence-electron chi connectivity index (χ0n) is 14.1. The van der Waals surface area contributed by atoms with Crippen LogP contribution >= 0.6 is 34.8 Å². The lowest BCUT2D eigenvalue weighted by Gasteiger charge is -2.30. The summed E-state index contributed by atoms with van der Waals surface area (Å²) >= 11 is 18.6. The van der Waals surface area contributed by atoms with E-state index in [9.17, 15) is 8.42 Å². The molecule has 2 heterocycles. The number of benzene rings is 2. The fourth-order valence-corrected chi connectivity index (χ4v) is 5.81. The van der Waals surface area contributed by atoms with Crippen LogP contribution in [0.2, 0.25) is 15.1 Å². The lowest BCUT2D eigenvalue weighted by atomic mass is 10.2. The van der Waals surface area contributed by atoms with E-state index in [-0.39, 0.29) is 9.92 Å². The second-order valence-corrected chi connectivity index (χ2v) is 9.36. The number of nitrogens with zero attached hydrogens (tertiary/aromatic N) is 2. The normalized spacial score (nSPS) is 15.4. The number of fused-ring (bicyclic) bond motifs is 1. The summed E-state index contributed by atoms with van der Waals surface area (Å²) in [6.45, 7) is 2.92. The first-order chi connectivity index (χ1) is 12.9. The standard InChI is InChI=1S/C18H16Cl3N3O2S/c19-13-2-1-3-15(10-13)27(25,26)24-17(23-6-4-22-5-7-23)9-12-8-14(20)11-16(21)18(12)24/h1-3,8-11,22H,4-7H2. The van der Waals surface area contributed by atoms with E-state index >= 15 is 0 Å². The number of hydrogen-bond donors (Lipinski definition) is 1. The Kier molecular flexibility index (Phi) is 5.03. The lowest BCUT2D eigenvalue weighted by Crippen LogP contribution is -2.44. The molecule has 0 amide bonds. The largest absolute Gasteiger partial charge is 0.355 e. The topological polar surface area (TPSA) is 54.3 Å². The summed E-state index contributed by atoms with van der Waals surface area (Å²) in [6.07, 6.45) is 0. The van der Waals surface area contributed by atoms with E-state index in [0.717, 1.165) is 13.1 Å². The molecule has 1 saturated heterocycles. The minimum absolute atomic E-state index is 0.106. The molecule has 9 heteroatoms. The maximum Gasteiger partial charge on any atom is 0.269 e. The van der Waals surface area contributed by atoms with E-state index in [4.69, 9.17) is 34.8 Å². The number of aromatic nitrogens is 1. The maximum absolute atomic E-state index is 13.5. The van der Waals surface area contributed by atoms with Crippen molar-refractivity contribution in [2.24, 2.45) is 0 Å². The fourth-order valence-electron chi connectivity index (χ4n) is 3.31. The Morgan fingerprint density at radius 3 is 2.37 bits per heavy atom. The number of rotatable bonds is 3. The highest BCUT2D eigenvalue weighted by Gasteiger charge is 2.28. The molecule has 2 aromatic carbocycles. The van der Waals surface area contributed by atoms with Crippen LogP contribution in [0.25, 0.3) is 10.9 Å². The molecule has 0 saturated carbocycles. The molecule has 1 aliphatic rings. The van der Waals surface area contributed by atoms with Crippen molar-refractivity contribution in [2.75, 3.05) is 31.1 Å². The van der Waals surface area contributed by atoms with Crippen molar-refractivity contribution in [1.29, 1.82) is 0 Å². The van der Waals surface area contributed by atoms with Gasteiger partial charge in [0.25, 0.3) is 10.0 Å². The summed E-state index contributed by atoms with van der Waals surface area (Å²) in [6, 6.07) is 11.3. The van der Waals surface area contributed by atoms with E-state index in [0.29, 0.717) is 39.9 Å². The third-order valence-electron chi connectivity index (χ3n) is 4.53. The van der Waals surface area contributed by atoms with Crippen LogP contribution in [0.3, 0.4) is 0 Å². The summed E-state index contributed by atoms with van der Waals surface area (Å²) in [5.41, 5.74) is 0.412. The third-order valence-corrected chi connectivity index (χ3v) is 6.97. The minimum atomic E-state index is -3.92. The molecule has 0 radical (unpaired) electrons. The second kappa shape index (κ2) is 7.18. The van der Waals surface area contributed by atoms with Gasteiger partial charge in [-0.1, -0.05) is 40.9 Å². The van der Waals surface area contributed by atoms with Gasteiger partial charge in [0.05, 0.1) is 15.4 Å². The summed E-state index contributed by atoms with van der Waals surface area (Å²) in [7, 11) is -3.92. The number of halogens is 3. The van der Waals surface area contributed by atoms with Crippen LogP contribution in [0, 0.1) is 0 Å². The van der Waals surface area contributed by atoms with Gasteiger partial charge in [0.15, 0.2) is 0 Å². The first-order valence-corrected chi connectivity index (χ1v) is 10.9. The molecule has 5 nitrogen and oxygen atoms in total. The molecule has 3 aromatic rings. The number of hydrogen-bond acceptors (Lipinski definition) is 4. The molecule has 1 N–H and O–H groups in total. The second-order valence-electron chi connectivity index (χ2n) is 6.29. The van der Waals surface area contributed by atoms with Crippen molar-refractivity contribution in [2.45, 2.75) is 4.90 Å². The van der Waals surface area contributed by atoms with Gasteiger partial charge in [-0.3, -0.25) is 0 Å². The average Bonchev–Trinajstić information content (AvgIpc) is 3.03. The lowest BCUT2D eigenvalue weighted by molar-refractivity contribution is 0.573. The number of piperazine rings is 1. The van der Waals surface area contributed by atoms with Crippen molar-refractivity contribution >= 4 is 61.5 Å². The average molecular weight is 445 g/mol. The van der Waals surface area contributed by atoms with Gasteiger partial charge in [0.2, 0.25) is 0 Å². The molecule has 0 spiro atoms. The minimum Gasteiger partial charge on any atom is -0.355 e. The fraction of sp³-hybridized carbons (Fsp3) is 0.222. The molecule has 0 bridgehead atoms. The van der Waals surface area contributed by atoms with Crippen LogP contribution in [0.15, 0.2) is 47.4 Å². The van der Waals surface area contributed by atoms with Gasteiger partial charge in [-0.05, 0) is 36.4 Å². The molecule has 27 heavy (non-hydrogen) atoms. The summed E-state index contributed by atoms with van der Waals surface area (Å²) in [4.78, 5) is 2.14. The van der Waals surface area contributed by atoms with Crippen LogP contribution in [-0.4, -0.2) is 38.6 Å². The van der Waals surface area contributed by atoms with Crippen LogP contribution < -0.4 is 10.2 Å². The highest BCUT2D eigenvalue weighted by Crippen LogP contribution is 2.37. The Morgan fingerprint density at radius 2 is 1.67 bits per heavy atom. The predicted octanol–water partition coefficient (Wildman–Crippen LogP) is 4.25. The van der Waals surface area contributed by atoms with Gasteiger partial charge in [-0.2, -0.15) is 0 Å². The Labute approximate surface area is 172 Å². The van der Waals surface area contributed by atoms with Gasteiger partial charge < -0.3 is 10.2 Å². The Morgan fingerprint density at radius 1 is 0.926 bits per heavy atom. The summed E-state index contributed by atoms with van der Waals surface area (Å²) in [5, 5.41) is 5.03. The van der Waals surface area contributed by atoms with Crippen molar-refractivity contribution in [3.8, 4) is 0 Å². The highest BCUT2D eigenvalue weighted by molar-refractivity contribution is 7.90. The molecule has 4 rings (SSSR count). The molecule has 0 aliphatic carbocycles. The molecule has 1 aromatic heterocycles. The van der Waals surface area contributed by atoms with Crippen LogP contribution in [-0.2, 0) is 10.0 Å². The zero-order chi connectivity index (χ0) is 19.2. The smallest absolute Gasteiger partial charge is 0.269 e. The molecule has 1 fully saturated rings. The predicted molar refractivity (Wildman–Crippen MR) is 111 cm³/mol. The van der Waals surface area contributed by atoms with Gasteiger partial charge in [0.1, 0.15) is 5.82 Å². The van der Waals surface area contributed by atoms with Crippen LogP contribution in [0.4, 0.5) is 5.82 Å². The van der Waals surface area contributed by atoms with E-state index in [1.54, 1.807) is 24.3 Å². The van der Waals surface area contributed by atoms with Crippen molar-refractivity contribution in [1.82, 2.24) is 9.29 Å². The third kappa shape index (κ3) is 3.41. The zero-order valence-corrected chi connectivity index (χ0v) is 17.2. The van der Waals surface area contributed by atoms with Gasteiger partial charge in [-0.15, -0.1) is 0 Å². The first kappa shape index (κ1) is 18.9. The summed E-state index contributed by atoms with van der Waals surface area (Å²) in [5.74, 6) is 0.565. The van der Waals surface area contributed by atoms with Crippen LogP contribution in [0.5, 0.6) is 0 Å². The van der Waals surface area contributed by atoms with E-state index < -0.39 is 10.0 Å². The monoisotopic (exact) mass is 443 g/mol. The van der Waals surface area contributed by atoms with E-state index in [1.807, 2.05) is 11.0 Å². The van der Waals surface area contributed by atoms with Crippen molar-refractivity contribution in [3.05, 3.63) is 57.5 Å². The molecule has 1 aliphatic heterocycles. The maximum atomic E-state index is 13.5. The molecule has 0 unspecified atom stereocenters. The molecule has 0 atom stereocenters. The Bertz CT molecular complexity index is 1120. The van der Waals surface area contributed by atoms with Gasteiger partial charge >= 0.3 is 0 Å². The SMILES string of the molecule is O=S(=O)(c1cccc(Cl)c1)n1c(N2CCNCC2)cc2cc(Cl)cc(Cl)c21. The quantitative estimate of drug-likeness (QED) is 0.656. The molecular weight excluding hydrogens is 429 g/mol. The van der Waals surface area contributed by atoms with Crippen molar-refractivity contribution in [3.63, 3.8) is 0 Å². The first-order valence-electron chi connectivity index (χ1n) is 8.35. The Hall–Kier alpha value is -1.44. The number of nitrogens with one attached hydrogen (secondary N) is 1. The number of anilines is 1. The highest BCUT2D eigenvalue weighted by atomic mass is 35.5. The van der Waals surface area contributed by atoms with Crippen molar-refractivity contribution < 1.29 is 8.42 Å². The Balaban J connectivity index is 2.02. The molecular formula is C18H16Cl3N3O2S. The van der Waals surface area contributed by atoms with Crippen LogP contribution in [0.1, 0.15) is 0 Å². The van der Waals surface area contributed by atoms with Gasteiger partial charge in [-0.25, -0.2) is 12.4 Å². The van der Waals surface area contributed by atoms with E-state index in [1.165, 1.54) is 16.1 Å². The van der Waals surface area contributed by atoms with E-state index in [2.05, 4.69) is 5.32 Å².